The quantitative estimate of drug-likeness (QED) is 0.781. The Morgan fingerprint density at radius 2 is 2.07 bits per heavy atom. The van der Waals surface area contributed by atoms with Crippen LogP contribution in [0.15, 0.2) is 12.1 Å². The Bertz CT molecular complexity index is 361. The SMILES string of the molecule is Cc1cc(C)c(Cl)c(C(=O)CCN)c1. The van der Waals surface area contributed by atoms with E-state index in [2.05, 4.69) is 0 Å². The van der Waals surface area contributed by atoms with Crippen molar-refractivity contribution in [1.82, 2.24) is 0 Å². The molecule has 1 aromatic rings. The van der Waals surface area contributed by atoms with Crippen LogP contribution >= 0.6 is 11.6 Å². The first-order valence-electron chi connectivity index (χ1n) is 4.56. The van der Waals surface area contributed by atoms with Crippen molar-refractivity contribution < 1.29 is 4.79 Å². The molecule has 0 saturated heterocycles. The van der Waals surface area contributed by atoms with Crippen LogP contribution in [0.5, 0.6) is 0 Å². The van der Waals surface area contributed by atoms with Crippen molar-refractivity contribution in [3.05, 3.63) is 33.8 Å². The van der Waals surface area contributed by atoms with Crippen molar-refractivity contribution in [2.24, 2.45) is 5.73 Å². The summed E-state index contributed by atoms with van der Waals surface area (Å²) < 4.78 is 0. The first-order valence-corrected chi connectivity index (χ1v) is 4.94. The molecule has 0 atom stereocenters. The van der Waals surface area contributed by atoms with Crippen LogP contribution in [0.25, 0.3) is 0 Å². The molecule has 3 heteroatoms. The summed E-state index contributed by atoms with van der Waals surface area (Å²) in [6.45, 7) is 4.21. The van der Waals surface area contributed by atoms with Crippen LogP contribution in [0.3, 0.4) is 0 Å². The summed E-state index contributed by atoms with van der Waals surface area (Å²) in [5.41, 5.74) is 7.91. The average molecular weight is 212 g/mol. The zero-order chi connectivity index (χ0) is 10.7. The highest BCUT2D eigenvalue weighted by Crippen LogP contribution is 2.23. The van der Waals surface area contributed by atoms with Gasteiger partial charge in [0.25, 0.3) is 0 Å². The average Bonchev–Trinajstić information content (AvgIpc) is 2.11. The molecule has 0 aliphatic rings. The van der Waals surface area contributed by atoms with Gasteiger partial charge >= 0.3 is 0 Å². The molecule has 1 rings (SSSR count). The van der Waals surface area contributed by atoms with Gasteiger partial charge in [0.2, 0.25) is 0 Å². The second-order valence-electron chi connectivity index (χ2n) is 3.41. The van der Waals surface area contributed by atoms with Gasteiger partial charge in [-0.25, -0.2) is 0 Å². The lowest BCUT2D eigenvalue weighted by Gasteiger charge is -2.07. The maximum absolute atomic E-state index is 11.6. The van der Waals surface area contributed by atoms with E-state index in [4.69, 9.17) is 17.3 Å². The third-order valence-electron chi connectivity index (χ3n) is 2.07. The molecule has 0 radical (unpaired) electrons. The van der Waals surface area contributed by atoms with E-state index in [9.17, 15) is 4.79 Å². The lowest BCUT2D eigenvalue weighted by Crippen LogP contribution is -2.09. The van der Waals surface area contributed by atoms with Gasteiger partial charge in [-0.15, -0.1) is 0 Å². The molecule has 0 saturated carbocycles. The van der Waals surface area contributed by atoms with Crippen LogP contribution in [-0.2, 0) is 0 Å². The lowest BCUT2D eigenvalue weighted by atomic mass is 10.0. The minimum absolute atomic E-state index is 0.0179. The highest BCUT2D eigenvalue weighted by atomic mass is 35.5. The molecule has 2 nitrogen and oxygen atoms in total. The molecule has 0 aliphatic carbocycles. The Balaban J connectivity index is 3.13. The van der Waals surface area contributed by atoms with Crippen LogP contribution in [0.4, 0.5) is 0 Å². The zero-order valence-electron chi connectivity index (χ0n) is 8.43. The number of carbonyl (C=O) groups is 1. The smallest absolute Gasteiger partial charge is 0.165 e. The Kier molecular flexibility index (Phi) is 3.67. The molecule has 0 spiro atoms. The van der Waals surface area contributed by atoms with Crippen molar-refractivity contribution in [3.63, 3.8) is 0 Å². The number of Topliss-reactive ketones (excluding diaryl/α,β-unsaturated/α-hetero) is 1. The first-order chi connectivity index (χ1) is 6.56. The van der Waals surface area contributed by atoms with Crippen LogP contribution in [0, 0.1) is 13.8 Å². The van der Waals surface area contributed by atoms with E-state index in [1.54, 1.807) is 0 Å². The van der Waals surface area contributed by atoms with Gasteiger partial charge in [0.1, 0.15) is 0 Å². The van der Waals surface area contributed by atoms with Crippen molar-refractivity contribution in [3.8, 4) is 0 Å². The van der Waals surface area contributed by atoms with Gasteiger partial charge in [-0.3, -0.25) is 4.79 Å². The molecule has 0 amide bonds. The maximum Gasteiger partial charge on any atom is 0.165 e. The van der Waals surface area contributed by atoms with E-state index in [0.717, 1.165) is 11.1 Å². The number of nitrogens with two attached hydrogens (primary N) is 1. The predicted octanol–water partition coefficient (Wildman–Crippen LogP) is 2.49. The van der Waals surface area contributed by atoms with Gasteiger partial charge in [0.05, 0.1) is 5.02 Å². The highest BCUT2D eigenvalue weighted by Gasteiger charge is 2.11. The van der Waals surface area contributed by atoms with Gasteiger partial charge in [0.15, 0.2) is 5.78 Å². The summed E-state index contributed by atoms with van der Waals surface area (Å²) >= 11 is 6.03. The fraction of sp³-hybridized carbons (Fsp3) is 0.364. The number of rotatable bonds is 3. The Morgan fingerprint density at radius 3 is 2.64 bits per heavy atom. The van der Waals surface area contributed by atoms with Crippen molar-refractivity contribution in [1.29, 1.82) is 0 Å². The number of carbonyl (C=O) groups excluding carboxylic acids is 1. The maximum atomic E-state index is 11.6. The lowest BCUT2D eigenvalue weighted by molar-refractivity contribution is 0.0985. The minimum atomic E-state index is 0.0179. The molecule has 0 unspecified atom stereocenters. The number of hydrogen-bond donors (Lipinski definition) is 1. The zero-order valence-corrected chi connectivity index (χ0v) is 9.19. The molecular weight excluding hydrogens is 198 g/mol. The van der Waals surface area contributed by atoms with Crippen LogP contribution in [0.2, 0.25) is 5.02 Å². The third kappa shape index (κ3) is 2.34. The van der Waals surface area contributed by atoms with E-state index < -0.39 is 0 Å². The second kappa shape index (κ2) is 4.58. The number of hydrogen-bond acceptors (Lipinski definition) is 2. The highest BCUT2D eigenvalue weighted by molar-refractivity contribution is 6.34. The number of benzene rings is 1. The van der Waals surface area contributed by atoms with Gasteiger partial charge in [0, 0.05) is 12.0 Å². The summed E-state index contributed by atoms with van der Waals surface area (Å²) in [6.07, 6.45) is 0.350. The topological polar surface area (TPSA) is 43.1 Å². The summed E-state index contributed by atoms with van der Waals surface area (Å²) in [7, 11) is 0. The molecular formula is C11H14ClNO. The van der Waals surface area contributed by atoms with Crippen molar-refractivity contribution in [2.45, 2.75) is 20.3 Å². The van der Waals surface area contributed by atoms with Crippen molar-refractivity contribution >= 4 is 17.4 Å². The number of aryl methyl sites for hydroxylation is 2. The molecule has 0 aliphatic heterocycles. The largest absolute Gasteiger partial charge is 0.330 e. The molecule has 2 N–H and O–H groups in total. The molecule has 76 valence electrons. The monoisotopic (exact) mass is 211 g/mol. The molecule has 0 fully saturated rings. The summed E-state index contributed by atoms with van der Waals surface area (Å²) in [6, 6.07) is 3.77. The summed E-state index contributed by atoms with van der Waals surface area (Å²) in [5.74, 6) is 0.0179. The van der Waals surface area contributed by atoms with Crippen LogP contribution in [-0.4, -0.2) is 12.3 Å². The molecule has 14 heavy (non-hydrogen) atoms. The first kappa shape index (κ1) is 11.2. The number of halogens is 1. The summed E-state index contributed by atoms with van der Waals surface area (Å²) in [4.78, 5) is 11.6. The van der Waals surface area contributed by atoms with E-state index in [1.165, 1.54) is 0 Å². The fourth-order valence-corrected chi connectivity index (χ4v) is 1.63. The van der Waals surface area contributed by atoms with Gasteiger partial charge in [-0.2, -0.15) is 0 Å². The fourth-order valence-electron chi connectivity index (χ4n) is 1.42. The normalized spacial score (nSPS) is 10.3. The third-order valence-corrected chi connectivity index (χ3v) is 2.57. The van der Waals surface area contributed by atoms with E-state index >= 15 is 0 Å². The molecule has 1 aromatic carbocycles. The van der Waals surface area contributed by atoms with E-state index in [-0.39, 0.29) is 5.78 Å². The van der Waals surface area contributed by atoms with Gasteiger partial charge in [-0.1, -0.05) is 23.2 Å². The molecule has 0 bridgehead atoms. The van der Waals surface area contributed by atoms with Crippen molar-refractivity contribution in [2.75, 3.05) is 6.54 Å². The van der Waals surface area contributed by atoms with E-state index in [1.807, 2.05) is 26.0 Å². The predicted molar refractivity (Wildman–Crippen MR) is 58.9 cm³/mol. The Hall–Kier alpha value is -0.860. The Morgan fingerprint density at radius 1 is 1.43 bits per heavy atom. The minimum Gasteiger partial charge on any atom is -0.330 e. The van der Waals surface area contributed by atoms with Gasteiger partial charge < -0.3 is 5.73 Å². The molecule has 0 heterocycles. The molecule has 0 aromatic heterocycles. The standard InChI is InChI=1S/C11H14ClNO/c1-7-5-8(2)11(12)9(6-7)10(14)3-4-13/h5-6H,3-4,13H2,1-2H3. The Labute approximate surface area is 89.1 Å². The van der Waals surface area contributed by atoms with Crippen LogP contribution in [0.1, 0.15) is 27.9 Å². The van der Waals surface area contributed by atoms with Gasteiger partial charge in [-0.05, 0) is 32.0 Å². The summed E-state index contributed by atoms with van der Waals surface area (Å²) in [5, 5.41) is 0.550. The second-order valence-corrected chi connectivity index (χ2v) is 3.78. The van der Waals surface area contributed by atoms with Crippen LogP contribution < -0.4 is 5.73 Å². The number of ketones is 1. The van der Waals surface area contributed by atoms with E-state index in [0.29, 0.717) is 23.6 Å².